The molecule has 1 aromatic heterocycles. The van der Waals surface area contributed by atoms with Crippen LogP contribution in [0, 0.1) is 12.7 Å². The van der Waals surface area contributed by atoms with Crippen LogP contribution in [-0.4, -0.2) is 41.6 Å². The molecule has 0 saturated carbocycles. The third kappa shape index (κ3) is 3.13. The number of aryl methyl sites for hydroxylation is 1. The van der Waals surface area contributed by atoms with Gasteiger partial charge in [0.2, 0.25) is 5.91 Å². The fourth-order valence-corrected chi connectivity index (χ4v) is 2.61. The van der Waals surface area contributed by atoms with Crippen molar-refractivity contribution in [1.29, 1.82) is 0 Å². The molecule has 0 spiro atoms. The summed E-state index contributed by atoms with van der Waals surface area (Å²) in [6, 6.07) is 6.51. The lowest BCUT2D eigenvalue weighted by atomic mass is 9.97. The first-order valence-corrected chi connectivity index (χ1v) is 7.32. The summed E-state index contributed by atoms with van der Waals surface area (Å²) in [4.78, 5) is 25.9. The van der Waals surface area contributed by atoms with Crippen LogP contribution in [0.15, 0.2) is 34.9 Å². The van der Waals surface area contributed by atoms with Gasteiger partial charge >= 0.3 is 0 Å². The molecule has 0 radical (unpaired) electrons. The molecule has 0 bridgehead atoms. The van der Waals surface area contributed by atoms with E-state index in [0.29, 0.717) is 11.3 Å². The number of nitrogens with zero attached hydrogens (tertiary/aromatic N) is 2. The number of carbonyl (C=O) groups excluding carboxylic acids is 2. The zero-order chi connectivity index (χ0) is 17.3. The number of carbonyl (C=O) groups is 2. The van der Waals surface area contributed by atoms with Crippen LogP contribution in [0.4, 0.5) is 10.2 Å². The van der Waals surface area contributed by atoms with E-state index in [1.165, 1.54) is 29.2 Å². The predicted molar refractivity (Wildman–Crippen MR) is 81.5 cm³/mol. The third-order valence-corrected chi connectivity index (χ3v) is 3.83. The van der Waals surface area contributed by atoms with Crippen LogP contribution in [0.25, 0.3) is 0 Å². The summed E-state index contributed by atoms with van der Waals surface area (Å²) in [6.45, 7) is 1.50. The highest BCUT2D eigenvalue weighted by Crippen LogP contribution is 2.30. The molecule has 126 valence electrons. The highest BCUT2D eigenvalue weighted by atomic mass is 19.1. The van der Waals surface area contributed by atoms with Crippen molar-refractivity contribution in [1.82, 2.24) is 10.1 Å². The Labute approximate surface area is 137 Å². The summed E-state index contributed by atoms with van der Waals surface area (Å²) in [7, 11) is 1.58. The van der Waals surface area contributed by atoms with Gasteiger partial charge in [0.25, 0.3) is 5.91 Å². The summed E-state index contributed by atoms with van der Waals surface area (Å²) in [5.74, 6) is -0.304. The number of likely N-dealkylation sites (N-methyl/N-ethyl adjacent to an activating group) is 1. The minimum Gasteiger partial charge on any atom is -0.360 e. The van der Waals surface area contributed by atoms with Gasteiger partial charge in [-0.05, 0) is 24.6 Å². The molecule has 7 nitrogen and oxygen atoms in total. The van der Waals surface area contributed by atoms with Gasteiger partial charge in [-0.15, -0.1) is 0 Å². The summed E-state index contributed by atoms with van der Waals surface area (Å²) in [5, 5.41) is 6.30. The van der Waals surface area contributed by atoms with E-state index in [2.05, 4.69) is 10.5 Å². The van der Waals surface area contributed by atoms with Crippen molar-refractivity contribution in [3.05, 3.63) is 47.5 Å². The molecule has 2 heterocycles. The molecular formula is C16H16FN3O4. The van der Waals surface area contributed by atoms with Crippen LogP contribution in [0.2, 0.25) is 0 Å². The van der Waals surface area contributed by atoms with E-state index in [-0.39, 0.29) is 18.3 Å². The van der Waals surface area contributed by atoms with E-state index in [1.807, 2.05) is 0 Å². The SMILES string of the molecule is Cc1cc(NC(=O)[C@H]2OCC(=O)N(C)[C@H]2c2ccc(F)cc2)no1. The average molecular weight is 333 g/mol. The first kappa shape index (κ1) is 16.1. The maximum Gasteiger partial charge on any atom is 0.257 e. The Balaban J connectivity index is 1.86. The number of ether oxygens (including phenoxy) is 1. The molecule has 2 amide bonds. The van der Waals surface area contributed by atoms with Crippen molar-refractivity contribution in [2.45, 2.75) is 19.1 Å². The number of morpholine rings is 1. The predicted octanol–water partition coefficient (Wildman–Crippen LogP) is 1.66. The highest BCUT2D eigenvalue weighted by molar-refractivity contribution is 5.95. The molecule has 1 saturated heterocycles. The summed E-state index contributed by atoms with van der Waals surface area (Å²) < 4.78 is 23.5. The number of anilines is 1. The van der Waals surface area contributed by atoms with Crippen molar-refractivity contribution >= 4 is 17.6 Å². The number of aromatic nitrogens is 1. The number of halogens is 1. The first-order chi connectivity index (χ1) is 11.5. The van der Waals surface area contributed by atoms with Crippen molar-refractivity contribution in [3.8, 4) is 0 Å². The molecule has 0 aliphatic carbocycles. The van der Waals surface area contributed by atoms with E-state index in [0.717, 1.165) is 0 Å². The van der Waals surface area contributed by atoms with Gasteiger partial charge < -0.3 is 19.5 Å². The van der Waals surface area contributed by atoms with Crippen molar-refractivity contribution < 1.29 is 23.2 Å². The Morgan fingerprint density at radius 3 is 2.71 bits per heavy atom. The van der Waals surface area contributed by atoms with Gasteiger partial charge in [0, 0.05) is 13.1 Å². The smallest absolute Gasteiger partial charge is 0.257 e. The summed E-state index contributed by atoms with van der Waals surface area (Å²) in [5.41, 5.74) is 0.600. The lowest BCUT2D eigenvalue weighted by Gasteiger charge is -2.38. The minimum absolute atomic E-state index is 0.204. The van der Waals surface area contributed by atoms with E-state index < -0.39 is 23.9 Å². The maximum atomic E-state index is 13.2. The van der Waals surface area contributed by atoms with Crippen LogP contribution >= 0.6 is 0 Å². The van der Waals surface area contributed by atoms with Gasteiger partial charge in [0.05, 0.1) is 6.04 Å². The molecule has 8 heteroatoms. The zero-order valence-corrected chi connectivity index (χ0v) is 13.2. The van der Waals surface area contributed by atoms with Gasteiger partial charge in [0.15, 0.2) is 11.9 Å². The van der Waals surface area contributed by atoms with Gasteiger partial charge in [0.1, 0.15) is 18.2 Å². The number of nitrogens with one attached hydrogen (secondary N) is 1. The average Bonchev–Trinajstić information content (AvgIpc) is 2.96. The van der Waals surface area contributed by atoms with Gasteiger partial charge in [-0.2, -0.15) is 0 Å². The van der Waals surface area contributed by atoms with Crippen LogP contribution < -0.4 is 5.32 Å². The number of amides is 2. The van der Waals surface area contributed by atoms with Gasteiger partial charge in [-0.1, -0.05) is 17.3 Å². The van der Waals surface area contributed by atoms with Crippen LogP contribution in [-0.2, 0) is 14.3 Å². The lowest BCUT2D eigenvalue weighted by Crippen LogP contribution is -2.51. The monoisotopic (exact) mass is 333 g/mol. The maximum absolute atomic E-state index is 13.2. The zero-order valence-electron chi connectivity index (χ0n) is 13.2. The topological polar surface area (TPSA) is 84.7 Å². The van der Waals surface area contributed by atoms with E-state index in [1.54, 1.807) is 20.0 Å². The number of benzene rings is 1. The highest BCUT2D eigenvalue weighted by Gasteiger charge is 2.40. The Bertz CT molecular complexity index is 759. The molecule has 1 N–H and O–H groups in total. The fourth-order valence-electron chi connectivity index (χ4n) is 2.61. The Morgan fingerprint density at radius 2 is 2.08 bits per heavy atom. The summed E-state index contributed by atoms with van der Waals surface area (Å²) >= 11 is 0. The molecular weight excluding hydrogens is 317 g/mol. The molecule has 3 rings (SSSR count). The fraction of sp³-hybridized carbons (Fsp3) is 0.312. The molecule has 1 fully saturated rings. The minimum atomic E-state index is -0.949. The van der Waals surface area contributed by atoms with Crippen molar-refractivity contribution in [3.63, 3.8) is 0 Å². The van der Waals surface area contributed by atoms with Crippen LogP contribution in [0.1, 0.15) is 17.4 Å². The van der Waals surface area contributed by atoms with Gasteiger partial charge in [-0.3, -0.25) is 9.59 Å². The molecule has 2 atom stereocenters. The molecule has 1 aromatic carbocycles. The molecule has 1 aliphatic heterocycles. The molecule has 24 heavy (non-hydrogen) atoms. The Morgan fingerprint density at radius 1 is 1.38 bits per heavy atom. The lowest BCUT2D eigenvalue weighted by molar-refractivity contribution is -0.160. The van der Waals surface area contributed by atoms with Crippen LogP contribution in [0.3, 0.4) is 0 Å². The second-order valence-electron chi connectivity index (χ2n) is 5.54. The summed E-state index contributed by atoms with van der Waals surface area (Å²) in [6.07, 6.45) is -0.949. The molecule has 0 unspecified atom stereocenters. The Kier molecular flexibility index (Phi) is 4.30. The molecule has 2 aromatic rings. The van der Waals surface area contributed by atoms with Gasteiger partial charge in [-0.25, -0.2) is 4.39 Å². The standard InChI is InChI=1S/C16H16FN3O4/c1-9-7-12(19-24-9)18-16(22)15-14(20(2)13(21)8-23-15)10-3-5-11(17)6-4-10/h3-7,14-15H,8H2,1-2H3,(H,18,19,22)/t14-,15-/m0/s1. The second kappa shape index (κ2) is 6.40. The van der Waals surface area contributed by atoms with E-state index in [9.17, 15) is 14.0 Å². The van der Waals surface area contributed by atoms with E-state index >= 15 is 0 Å². The normalized spacial score (nSPS) is 21.0. The quantitative estimate of drug-likeness (QED) is 0.923. The third-order valence-electron chi connectivity index (χ3n) is 3.83. The second-order valence-corrected chi connectivity index (χ2v) is 5.54. The number of rotatable bonds is 3. The number of hydrogen-bond donors (Lipinski definition) is 1. The van der Waals surface area contributed by atoms with Crippen LogP contribution in [0.5, 0.6) is 0 Å². The Hall–Kier alpha value is -2.74. The number of hydrogen-bond acceptors (Lipinski definition) is 5. The first-order valence-electron chi connectivity index (χ1n) is 7.32. The van der Waals surface area contributed by atoms with Crippen molar-refractivity contribution in [2.75, 3.05) is 19.0 Å². The van der Waals surface area contributed by atoms with Crippen molar-refractivity contribution in [2.24, 2.45) is 0 Å². The largest absolute Gasteiger partial charge is 0.360 e. The molecule has 1 aliphatic rings. The van der Waals surface area contributed by atoms with E-state index in [4.69, 9.17) is 9.26 Å².